The van der Waals surface area contributed by atoms with Crippen molar-refractivity contribution >= 4 is 17.5 Å². The molecule has 0 aliphatic carbocycles. The van der Waals surface area contributed by atoms with Gasteiger partial charge < -0.3 is 15.1 Å². The van der Waals surface area contributed by atoms with Gasteiger partial charge >= 0.3 is 0 Å². The second-order valence-corrected chi connectivity index (χ2v) is 8.35. The van der Waals surface area contributed by atoms with Crippen LogP contribution in [-0.4, -0.2) is 61.4 Å². The Kier molecular flexibility index (Phi) is 6.16. The number of amides is 2. The molecule has 0 atom stereocenters. The number of piperazine rings is 1. The fraction of sp³-hybridized carbons (Fsp3) is 0.417. The summed E-state index contributed by atoms with van der Waals surface area (Å²) in [5.41, 5.74) is 5.03. The van der Waals surface area contributed by atoms with Crippen molar-refractivity contribution in [1.82, 2.24) is 15.1 Å². The minimum Gasteiger partial charge on any atom is -0.348 e. The number of anilines is 1. The van der Waals surface area contributed by atoms with Crippen LogP contribution in [0.25, 0.3) is 0 Å². The minimum absolute atomic E-state index is 0.0439. The van der Waals surface area contributed by atoms with Crippen LogP contribution in [0.15, 0.2) is 42.5 Å². The third-order valence-corrected chi connectivity index (χ3v) is 6.06. The second-order valence-electron chi connectivity index (χ2n) is 8.35. The molecule has 6 heteroatoms. The maximum atomic E-state index is 12.7. The van der Waals surface area contributed by atoms with Gasteiger partial charge in [-0.1, -0.05) is 24.3 Å². The number of hydrogen-bond acceptors (Lipinski definition) is 4. The maximum Gasteiger partial charge on any atom is 0.251 e. The number of rotatable bonds is 5. The monoisotopic (exact) mass is 406 g/mol. The van der Waals surface area contributed by atoms with Gasteiger partial charge in [0.2, 0.25) is 5.91 Å². The molecule has 158 valence electrons. The van der Waals surface area contributed by atoms with Gasteiger partial charge in [0.25, 0.3) is 5.91 Å². The molecule has 6 nitrogen and oxygen atoms in total. The molecule has 0 unspecified atom stereocenters. The highest BCUT2D eigenvalue weighted by Gasteiger charge is 2.23. The lowest BCUT2D eigenvalue weighted by atomic mass is 10.1. The van der Waals surface area contributed by atoms with E-state index in [9.17, 15) is 9.59 Å². The smallest absolute Gasteiger partial charge is 0.251 e. The maximum absolute atomic E-state index is 12.7. The van der Waals surface area contributed by atoms with E-state index in [1.54, 1.807) is 17.9 Å². The molecule has 2 heterocycles. The Bertz CT molecular complexity index is 935. The number of likely N-dealkylation sites (N-methyl/N-ethyl adjacent to an activating group) is 1. The summed E-state index contributed by atoms with van der Waals surface area (Å²) in [6, 6.07) is 14.1. The fourth-order valence-corrected chi connectivity index (χ4v) is 4.26. The van der Waals surface area contributed by atoms with Crippen molar-refractivity contribution in [2.75, 3.05) is 44.7 Å². The van der Waals surface area contributed by atoms with Gasteiger partial charge in [-0.2, -0.15) is 0 Å². The summed E-state index contributed by atoms with van der Waals surface area (Å²) in [7, 11) is 2.17. The second kappa shape index (κ2) is 8.98. The first-order chi connectivity index (χ1) is 14.5. The molecule has 4 rings (SSSR count). The summed E-state index contributed by atoms with van der Waals surface area (Å²) in [5, 5.41) is 3.04. The molecule has 2 aliphatic rings. The molecule has 2 aromatic carbocycles. The lowest BCUT2D eigenvalue weighted by Crippen LogP contribution is -2.43. The van der Waals surface area contributed by atoms with Crippen LogP contribution in [0.4, 0.5) is 5.69 Å². The van der Waals surface area contributed by atoms with E-state index in [1.807, 2.05) is 12.1 Å². The Balaban J connectivity index is 1.35. The zero-order valence-electron chi connectivity index (χ0n) is 17.9. The molecule has 0 bridgehead atoms. The van der Waals surface area contributed by atoms with Gasteiger partial charge in [0.1, 0.15) is 0 Å². The van der Waals surface area contributed by atoms with Crippen LogP contribution in [0.2, 0.25) is 0 Å². The molecule has 0 radical (unpaired) electrons. The van der Waals surface area contributed by atoms with Gasteiger partial charge in [0.15, 0.2) is 0 Å². The van der Waals surface area contributed by atoms with Gasteiger partial charge in [-0.25, -0.2) is 0 Å². The zero-order valence-corrected chi connectivity index (χ0v) is 17.9. The number of benzene rings is 2. The molecule has 2 amide bonds. The molecular weight excluding hydrogens is 376 g/mol. The first-order valence-corrected chi connectivity index (χ1v) is 10.7. The summed E-state index contributed by atoms with van der Waals surface area (Å²) in [4.78, 5) is 31.0. The van der Waals surface area contributed by atoms with Gasteiger partial charge in [0, 0.05) is 64.0 Å². The highest BCUT2D eigenvalue weighted by molar-refractivity contribution is 5.97. The molecule has 1 fully saturated rings. The lowest BCUT2D eigenvalue weighted by Gasteiger charge is -2.32. The van der Waals surface area contributed by atoms with E-state index in [4.69, 9.17) is 0 Å². The van der Waals surface area contributed by atoms with Crippen LogP contribution in [0, 0.1) is 0 Å². The van der Waals surface area contributed by atoms with Crippen molar-refractivity contribution in [1.29, 1.82) is 0 Å². The van der Waals surface area contributed by atoms with Crippen LogP contribution in [0.3, 0.4) is 0 Å². The first kappa shape index (κ1) is 20.6. The van der Waals surface area contributed by atoms with E-state index in [2.05, 4.69) is 46.4 Å². The summed E-state index contributed by atoms with van der Waals surface area (Å²) in [5.74, 6) is -0.0362. The molecule has 1 saturated heterocycles. The number of hydrogen-bond donors (Lipinski definition) is 1. The third-order valence-electron chi connectivity index (χ3n) is 6.06. The van der Waals surface area contributed by atoms with E-state index in [0.717, 1.165) is 56.0 Å². The average molecular weight is 407 g/mol. The molecular formula is C24H30N4O2. The quantitative estimate of drug-likeness (QED) is 0.828. The van der Waals surface area contributed by atoms with Crippen molar-refractivity contribution in [3.05, 3.63) is 64.7 Å². The van der Waals surface area contributed by atoms with Crippen LogP contribution in [-0.2, 0) is 24.3 Å². The molecule has 0 spiro atoms. The Morgan fingerprint density at radius 3 is 2.50 bits per heavy atom. The Morgan fingerprint density at radius 1 is 0.967 bits per heavy atom. The fourth-order valence-electron chi connectivity index (χ4n) is 4.26. The predicted molar refractivity (Wildman–Crippen MR) is 119 cm³/mol. The number of nitrogens with one attached hydrogen (secondary N) is 1. The number of fused-ring (bicyclic) bond motifs is 1. The van der Waals surface area contributed by atoms with E-state index in [-0.39, 0.29) is 11.8 Å². The van der Waals surface area contributed by atoms with Crippen LogP contribution in [0.1, 0.15) is 34.0 Å². The van der Waals surface area contributed by atoms with E-state index in [1.165, 1.54) is 5.56 Å². The van der Waals surface area contributed by atoms with Crippen LogP contribution in [0.5, 0.6) is 0 Å². The number of carbonyl (C=O) groups excluding carboxylic acids is 2. The Morgan fingerprint density at radius 2 is 1.73 bits per heavy atom. The summed E-state index contributed by atoms with van der Waals surface area (Å²) >= 11 is 0. The summed E-state index contributed by atoms with van der Waals surface area (Å²) in [6.45, 7) is 8.14. The van der Waals surface area contributed by atoms with E-state index >= 15 is 0 Å². The number of carbonyl (C=O) groups is 2. The van der Waals surface area contributed by atoms with Crippen molar-refractivity contribution in [3.63, 3.8) is 0 Å². The molecule has 0 aromatic heterocycles. The SMILES string of the molecule is CC(=O)N1CCc2cc(C(=O)NCc3cccc(CN4CCN(C)CC4)c3)ccc21. The highest BCUT2D eigenvalue weighted by Crippen LogP contribution is 2.28. The lowest BCUT2D eigenvalue weighted by molar-refractivity contribution is -0.116. The van der Waals surface area contributed by atoms with E-state index < -0.39 is 0 Å². The molecule has 0 saturated carbocycles. The van der Waals surface area contributed by atoms with Crippen molar-refractivity contribution in [3.8, 4) is 0 Å². The third kappa shape index (κ3) is 4.71. The van der Waals surface area contributed by atoms with Crippen molar-refractivity contribution in [2.45, 2.75) is 26.4 Å². The molecule has 1 N–H and O–H groups in total. The normalized spacial score (nSPS) is 17.1. The zero-order chi connectivity index (χ0) is 21.1. The van der Waals surface area contributed by atoms with Crippen molar-refractivity contribution < 1.29 is 9.59 Å². The predicted octanol–water partition coefficient (Wildman–Crippen LogP) is 2.27. The molecule has 30 heavy (non-hydrogen) atoms. The van der Waals surface area contributed by atoms with Gasteiger partial charge in [-0.3, -0.25) is 14.5 Å². The summed E-state index contributed by atoms with van der Waals surface area (Å²) < 4.78 is 0. The van der Waals surface area contributed by atoms with Crippen LogP contribution >= 0.6 is 0 Å². The van der Waals surface area contributed by atoms with E-state index in [0.29, 0.717) is 18.7 Å². The first-order valence-electron chi connectivity index (χ1n) is 10.7. The van der Waals surface area contributed by atoms with Crippen LogP contribution < -0.4 is 10.2 Å². The van der Waals surface area contributed by atoms with Gasteiger partial charge in [-0.15, -0.1) is 0 Å². The van der Waals surface area contributed by atoms with Crippen molar-refractivity contribution in [2.24, 2.45) is 0 Å². The molecule has 2 aromatic rings. The molecule has 2 aliphatic heterocycles. The Hall–Kier alpha value is -2.70. The Labute approximate surface area is 178 Å². The van der Waals surface area contributed by atoms with Gasteiger partial charge in [0.05, 0.1) is 0 Å². The standard InChI is InChI=1S/C24H30N4O2/c1-18(29)28-9-8-21-15-22(6-7-23(21)28)24(30)25-16-19-4-3-5-20(14-19)17-27-12-10-26(2)11-13-27/h3-7,14-15H,8-13,16-17H2,1-2H3,(H,25,30). The number of nitrogens with zero attached hydrogens (tertiary/aromatic N) is 3. The topological polar surface area (TPSA) is 55.9 Å². The minimum atomic E-state index is -0.0801. The summed E-state index contributed by atoms with van der Waals surface area (Å²) in [6.07, 6.45) is 0.796. The highest BCUT2D eigenvalue weighted by atomic mass is 16.2. The average Bonchev–Trinajstić information content (AvgIpc) is 3.17. The largest absolute Gasteiger partial charge is 0.348 e. The van der Waals surface area contributed by atoms with Gasteiger partial charge in [-0.05, 0) is 48.4 Å².